The summed E-state index contributed by atoms with van der Waals surface area (Å²) in [6.45, 7) is 0.610. The maximum absolute atomic E-state index is 12.6. The maximum atomic E-state index is 12.6. The Kier molecular flexibility index (Phi) is 5.85. The van der Waals surface area contributed by atoms with Crippen LogP contribution in [0.3, 0.4) is 0 Å². The van der Waals surface area contributed by atoms with Gasteiger partial charge in [0.05, 0.1) is 6.26 Å². The zero-order valence-corrected chi connectivity index (χ0v) is 16.4. The largest absolute Gasteiger partial charge is 0.351 e. The molecule has 1 aliphatic carbocycles. The Labute approximate surface area is 161 Å². The lowest BCUT2D eigenvalue weighted by Gasteiger charge is -2.38. The zero-order valence-electron chi connectivity index (χ0n) is 15.6. The Hall–Kier alpha value is -2.34. The van der Waals surface area contributed by atoms with E-state index in [0.717, 1.165) is 19.1 Å². The van der Waals surface area contributed by atoms with Crippen LogP contribution in [-0.4, -0.2) is 27.1 Å². The highest BCUT2D eigenvalue weighted by Gasteiger charge is 2.34. The van der Waals surface area contributed by atoms with Crippen molar-refractivity contribution in [1.82, 2.24) is 5.32 Å². The molecular formula is C21H26N2O3S. The molecule has 0 aromatic heterocycles. The summed E-state index contributed by atoms with van der Waals surface area (Å²) in [6.07, 6.45) is 6.86. The zero-order chi connectivity index (χ0) is 19.3. The molecule has 0 spiro atoms. The van der Waals surface area contributed by atoms with Crippen LogP contribution in [0.4, 0.5) is 5.69 Å². The molecule has 5 nitrogen and oxygen atoms in total. The summed E-state index contributed by atoms with van der Waals surface area (Å²) in [5.41, 5.74) is 2.25. The molecule has 1 fully saturated rings. The van der Waals surface area contributed by atoms with Crippen LogP contribution >= 0.6 is 0 Å². The summed E-state index contributed by atoms with van der Waals surface area (Å²) in [5.74, 6) is -0.137. The molecule has 0 saturated heterocycles. The van der Waals surface area contributed by atoms with Crippen molar-refractivity contribution >= 4 is 21.6 Å². The van der Waals surface area contributed by atoms with Gasteiger partial charge in [-0.05, 0) is 42.7 Å². The molecule has 2 N–H and O–H groups in total. The first-order chi connectivity index (χ1) is 12.9. The van der Waals surface area contributed by atoms with Crippen molar-refractivity contribution in [2.75, 3.05) is 17.5 Å². The first-order valence-corrected chi connectivity index (χ1v) is 11.2. The molecule has 2 aromatic rings. The van der Waals surface area contributed by atoms with Crippen molar-refractivity contribution in [3.63, 3.8) is 0 Å². The van der Waals surface area contributed by atoms with Gasteiger partial charge in [-0.3, -0.25) is 9.52 Å². The second-order valence-electron chi connectivity index (χ2n) is 7.34. The summed E-state index contributed by atoms with van der Waals surface area (Å²) in [6, 6.07) is 16.9. The van der Waals surface area contributed by atoms with Gasteiger partial charge in [0.15, 0.2) is 0 Å². The van der Waals surface area contributed by atoms with E-state index in [0.29, 0.717) is 17.8 Å². The highest BCUT2D eigenvalue weighted by atomic mass is 32.2. The van der Waals surface area contributed by atoms with E-state index in [4.69, 9.17) is 0 Å². The van der Waals surface area contributed by atoms with Crippen LogP contribution in [0.25, 0.3) is 0 Å². The molecule has 0 heterocycles. The molecule has 6 heteroatoms. The van der Waals surface area contributed by atoms with Crippen molar-refractivity contribution in [1.29, 1.82) is 0 Å². The van der Waals surface area contributed by atoms with Gasteiger partial charge in [-0.25, -0.2) is 8.42 Å². The lowest BCUT2D eigenvalue weighted by atomic mass is 9.69. The lowest BCUT2D eigenvalue weighted by molar-refractivity contribution is 0.0936. The molecular weight excluding hydrogens is 360 g/mol. The van der Waals surface area contributed by atoms with Crippen molar-refractivity contribution in [3.8, 4) is 0 Å². The molecule has 0 radical (unpaired) electrons. The Morgan fingerprint density at radius 2 is 1.59 bits per heavy atom. The number of hydrogen-bond acceptors (Lipinski definition) is 3. The topological polar surface area (TPSA) is 75.3 Å². The summed E-state index contributed by atoms with van der Waals surface area (Å²) in [4.78, 5) is 12.6. The Bertz CT molecular complexity index is 871. The number of carbonyl (C=O) groups excluding carboxylic acids is 1. The number of rotatable bonds is 6. The molecule has 2 aromatic carbocycles. The summed E-state index contributed by atoms with van der Waals surface area (Å²) < 4.78 is 25.0. The molecule has 1 amide bonds. The standard InChI is InChI=1S/C21H26N2O3S/c1-27(25,26)23-19-12-10-17(11-13-19)20(24)22-16-21(14-6-3-7-15-21)18-8-4-2-5-9-18/h2,4-5,8-13,23H,3,6-7,14-16H2,1H3,(H,22,24). The van der Waals surface area contributed by atoms with Crippen molar-refractivity contribution in [3.05, 3.63) is 65.7 Å². The van der Waals surface area contributed by atoms with E-state index < -0.39 is 10.0 Å². The number of nitrogens with one attached hydrogen (secondary N) is 2. The molecule has 1 saturated carbocycles. The van der Waals surface area contributed by atoms with Crippen LogP contribution in [0.15, 0.2) is 54.6 Å². The minimum Gasteiger partial charge on any atom is -0.351 e. The van der Waals surface area contributed by atoms with Gasteiger partial charge in [0, 0.05) is 23.2 Å². The maximum Gasteiger partial charge on any atom is 0.251 e. The number of sulfonamides is 1. The van der Waals surface area contributed by atoms with Crippen LogP contribution < -0.4 is 10.0 Å². The van der Waals surface area contributed by atoms with E-state index in [9.17, 15) is 13.2 Å². The predicted octanol–water partition coefficient (Wildman–Crippen LogP) is 3.69. The SMILES string of the molecule is CS(=O)(=O)Nc1ccc(C(=O)NCC2(c3ccccc3)CCCCC2)cc1. The minimum absolute atomic E-state index is 0.00699. The van der Waals surface area contributed by atoms with Gasteiger partial charge < -0.3 is 5.32 Å². The highest BCUT2D eigenvalue weighted by Crippen LogP contribution is 2.38. The smallest absolute Gasteiger partial charge is 0.251 e. The van der Waals surface area contributed by atoms with Gasteiger partial charge in [-0.1, -0.05) is 49.6 Å². The Balaban J connectivity index is 1.69. The third kappa shape index (κ3) is 5.10. The molecule has 0 unspecified atom stereocenters. The quantitative estimate of drug-likeness (QED) is 0.795. The van der Waals surface area contributed by atoms with Gasteiger partial charge in [-0.15, -0.1) is 0 Å². The van der Waals surface area contributed by atoms with Crippen LogP contribution in [0.1, 0.15) is 48.0 Å². The molecule has 3 rings (SSSR count). The average Bonchev–Trinajstić information content (AvgIpc) is 2.67. The van der Waals surface area contributed by atoms with E-state index in [-0.39, 0.29) is 11.3 Å². The van der Waals surface area contributed by atoms with Crippen molar-refractivity contribution < 1.29 is 13.2 Å². The molecule has 27 heavy (non-hydrogen) atoms. The third-order valence-electron chi connectivity index (χ3n) is 5.23. The monoisotopic (exact) mass is 386 g/mol. The average molecular weight is 387 g/mol. The number of amides is 1. The normalized spacial score (nSPS) is 16.5. The number of carbonyl (C=O) groups is 1. The van der Waals surface area contributed by atoms with Crippen LogP contribution in [0.5, 0.6) is 0 Å². The lowest BCUT2D eigenvalue weighted by Crippen LogP contribution is -2.42. The van der Waals surface area contributed by atoms with Gasteiger partial charge >= 0.3 is 0 Å². The van der Waals surface area contributed by atoms with E-state index in [1.807, 2.05) is 6.07 Å². The van der Waals surface area contributed by atoms with Crippen molar-refractivity contribution in [2.24, 2.45) is 0 Å². The fraction of sp³-hybridized carbons (Fsp3) is 0.381. The van der Waals surface area contributed by atoms with Gasteiger partial charge in [0.2, 0.25) is 10.0 Å². The highest BCUT2D eigenvalue weighted by molar-refractivity contribution is 7.92. The fourth-order valence-corrected chi connectivity index (χ4v) is 4.41. The third-order valence-corrected chi connectivity index (χ3v) is 5.84. The fourth-order valence-electron chi connectivity index (χ4n) is 3.84. The first-order valence-electron chi connectivity index (χ1n) is 9.30. The number of hydrogen-bond donors (Lipinski definition) is 2. The van der Waals surface area contributed by atoms with E-state index in [1.165, 1.54) is 24.8 Å². The summed E-state index contributed by atoms with van der Waals surface area (Å²) in [5, 5.41) is 3.10. The molecule has 0 atom stereocenters. The first kappa shape index (κ1) is 19.4. The second kappa shape index (κ2) is 8.13. The van der Waals surface area contributed by atoms with Crippen LogP contribution in [-0.2, 0) is 15.4 Å². The van der Waals surface area contributed by atoms with E-state index in [2.05, 4.69) is 34.3 Å². The molecule has 0 aliphatic heterocycles. The predicted molar refractivity (Wildman–Crippen MR) is 108 cm³/mol. The number of benzene rings is 2. The summed E-state index contributed by atoms with van der Waals surface area (Å²) >= 11 is 0. The van der Waals surface area contributed by atoms with Crippen LogP contribution in [0, 0.1) is 0 Å². The second-order valence-corrected chi connectivity index (χ2v) is 9.09. The Morgan fingerprint density at radius 3 is 2.19 bits per heavy atom. The summed E-state index contributed by atoms with van der Waals surface area (Å²) in [7, 11) is -3.32. The number of anilines is 1. The van der Waals surface area contributed by atoms with E-state index >= 15 is 0 Å². The Morgan fingerprint density at radius 1 is 0.963 bits per heavy atom. The molecule has 1 aliphatic rings. The van der Waals surface area contributed by atoms with Gasteiger partial charge in [0.25, 0.3) is 5.91 Å². The van der Waals surface area contributed by atoms with Crippen molar-refractivity contribution in [2.45, 2.75) is 37.5 Å². The van der Waals surface area contributed by atoms with Gasteiger partial charge in [0.1, 0.15) is 0 Å². The van der Waals surface area contributed by atoms with Crippen LogP contribution in [0.2, 0.25) is 0 Å². The molecule has 0 bridgehead atoms. The van der Waals surface area contributed by atoms with E-state index in [1.54, 1.807) is 24.3 Å². The van der Waals surface area contributed by atoms with Gasteiger partial charge in [-0.2, -0.15) is 0 Å². The minimum atomic E-state index is -3.32. The molecule has 144 valence electrons.